The molecule has 0 fully saturated rings. The van der Waals surface area contributed by atoms with Crippen molar-refractivity contribution in [3.8, 4) is 5.75 Å². The highest BCUT2D eigenvalue weighted by atomic mass is 79.9. The maximum Gasteiger partial charge on any atom is 0.573 e. The Labute approximate surface area is 126 Å². The number of hydrogen-bond donors (Lipinski definition) is 1. The second-order valence-corrected chi connectivity index (χ2v) is 5.02. The molecule has 0 saturated heterocycles. The Kier molecular flexibility index (Phi) is 4.72. The molecule has 2 aromatic rings. The van der Waals surface area contributed by atoms with Crippen molar-refractivity contribution >= 4 is 21.6 Å². The van der Waals surface area contributed by atoms with E-state index in [1.54, 1.807) is 6.07 Å². The zero-order valence-corrected chi connectivity index (χ0v) is 12.1. The SMILES string of the molecule is Fc1ccc(Br)c(CNc2ccc(OC(F)(F)F)cc2)c1. The summed E-state index contributed by atoms with van der Waals surface area (Å²) in [6.07, 6.45) is -4.71. The summed E-state index contributed by atoms with van der Waals surface area (Å²) in [6, 6.07) is 9.61. The lowest BCUT2D eigenvalue weighted by Crippen LogP contribution is -2.17. The number of alkyl halides is 3. The largest absolute Gasteiger partial charge is 0.573 e. The van der Waals surface area contributed by atoms with E-state index in [-0.39, 0.29) is 11.6 Å². The molecule has 0 unspecified atom stereocenters. The van der Waals surface area contributed by atoms with E-state index < -0.39 is 6.36 Å². The van der Waals surface area contributed by atoms with E-state index >= 15 is 0 Å². The monoisotopic (exact) mass is 363 g/mol. The van der Waals surface area contributed by atoms with E-state index in [0.717, 1.165) is 4.47 Å². The minimum Gasteiger partial charge on any atom is -0.406 e. The van der Waals surface area contributed by atoms with Gasteiger partial charge in [-0.2, -0.15) is 0 Å². The first kappa shape index (κ1) is 15.6. The molecular weight excluding hydrogens is 354 g/mol. The van der Waals surface area contributed by atoms with Gasteiger partial charge in [0.2, 0.25) is 0 Å². The third-order valence-electron chi connectivity index (χ3n) is 2.58. The summed E-state index contributed by atoms with van der Waals surface area (Å²) in [7, 11) is 0. The molecule has 21 heavy (non-hydrogen) atoms. The van der Waals surface area contributed by atoms with Crippen LogP contribution in [-0.4, -0.2) is 6.36 Å². The average molecular weight is 364 g/mol. The first-order valence-corrected chi connectivity index (χ1v) is 6.66. The zero-order chi connectivity index (χ0) is 15.5. The van der Waals surface area contributed by atoms with Gasteiger partial charge < -0.3 is 10.1 Å². The topological polar surface area (TPSA) is 21.3 Å². The van der Waals surface area contributed by atoms with Crippen molar-refractivity contribution in [2.24, 2.45) is 0 Å². The van der Waals surface area contributed by atoms with Gasteiger partial charge in [-0.05, 0) is 48.0 Å². The molecule has 7 heteroatoms. The number of ether oxygens (including phenoxy) is 1. The first-order valence-electron chi connectivity index (χ1n) is 5.87. The van der Waals surface area contributed by atoms with Gasteiger partial charge in [0.25, 0.3) is 0 Å². The molecule has 0 heterocycles. The van der Waals surface area contributed by atoms with Crippen LogP contribution in [0.1, 0.15) is 5.56 Å². The number of hydrogen-bond acceptors (Lipinski definition) is 2. The van der Waals surface area contributed by atoms with E-state index in [1.165, 1.54) is 36.4 Å². The maximum absolute atomic E-state index is 13.1. The first-order chi connectivity index (χ1) is 9.83. The van der Waals surface area contributed by atoms with E-state index in [9.17, 15) is 17.6 Å². The fraction of sp³-hybridized carbons (Fsp3) is 0.143. The highest BCUT2D eigenvalue weighted by Gasteiger charge is 2.30. The van der Waals surface area contributed by atoms with Gasteiger partial charge in [0, 0.05) is 16.7 Å². The molecule has 0 aliphatic rings. The highest BCUT2D eigenvalue weighted by molar-refractivity contribution is 9.10. The van der Waals surface area contributed by atoms with Gasteiger partial charge in [0.05, 0.1) is 0 Å². The molecule has 0 amide bonds. The number of nitrogens with one attached hydrogen (secondary N) is 1. The summed E-state index contributed by atoms with van der Waals surface area (Å²) in [5, 5.41) is 2.99. The van der Waals surface area contributed by atoms with E-state index in [0.29, 0.717) is 17.8 Å². The van der Waals surface area contributed by atoms with Crippen molar-refractivity contribution in [1.29, 1.82) is 0 Å². The van der Waals surface area contributed by atoms with Gasteiger partial charge in [0.1, 0.15) is 11.6 Å². The van der Waals surface area contributed by atoms with Crippen LogP contribution in [0.15, 0.2) is 46.9 Å². The smallest absolute Gasteiger partial charge is 0.406 e. The Bertz CT molecular complexity index is 613. The molecule has 0 saturated carbocycles. The quantitative estimate of drug-likeness (QED) is 0.763. The summed E-state index contributed by atoms with van der Waals surface area (Å²) < 4.78 is 53.7. The van der Waals surface area contributed by atoms with Gasteiger partial charge in [0.15, 0.2) is 0 Å². The van der Waals surface area contributed by atoms with Crippen LogP contribution in [-0.2, 0) is 6.54 Å². The summed E-state index contributed by atoms with van der Waals surface area (Å²) in [4.78, 5) is 0. The van der Waals surface area contributed by atoms with Crippen molar-refractivity contribution < 1.29 is 22.3 Å². The maximum atomic E-state index is 13.1. The minimum absolute atomic E-state index is 0.292. The predicted molar refractivity (Wildman–Crippen MR) is 74.6 cm³/mol. The standard InChI is InChI=1S/C14H10BrF4NO/c15-13-6-1-10(16)7-9(13)8-20-11-2-4-12(5-3-11)21-14(17,18)19/h1-7,20H,8H2. The lowest BCUT2D eigenvalue weighted by atomic mass is 10.2. The summed E-state index contributed by atoms with van der Waals surface area (Å²) in [5.74, 6) is -0.649. The Morgan fingerprint density at radius 2 is 1.71 bits per heavy atom. The van der Waals surface area contributed by atoms with Crippen molar-refractivity contribution in [2.45, 2.75) is 12.9 Å². The van der Waals surface area contributed by atoms with Crippen LogP contribution in [0.2, 0.25) is 0 Å². The third-order valence-corrected chi connectivity index (χ3v) is 3.35. The Balaban J connectivity index is 1.99. The summed E-state index contributed by atoms with van der Waals surface area (Å²) >= 11 is 3.30. The van der Waals surface area contributed by atoms with E-state index in [1.807, 2.05) is 0 Å². The number of anilines is 1. The molecule has 0 spiro atoms. The fourth-order valence-electron chi connectivity index (χ4n) is 1.65. The molecule has 2 rings (SSSR count). The number of halogens is 5. The molecule has 1 N–H and O–H groups in total. The van der Waals surface area contributed by atoms with Crippen molar-refractivity contribution in [3.05, 3.63) is 58.3 Å². The van der Waals surface area contributed by atoms with Crippen LogP contribution >= 0.6 is 15.9 Å². The fourth-order valence-corrected chi connectivity index (χ4v) is 2.04. The molecule has 2 aromatic carbocycles. The lowest BCUT2D eigenvalue weighted by molar-refractivity contribution is -0.274. The molecule has 0 bridgehead atoms. The van der Waals surface area contributed by atoms with Crippen molar-refractivity contribution in [3.63, 3.8) is 0 Å². The van der Waals surface area contributed by atoms with Crippen LogP contribution in [0.3, 0.4) is 0 Å². The average Bonchev–Trinajstić information content (AvgIpc) is 2.40. The number of benzene rings is 2. The molecule has 0 aliphatic carbocycles. The van der Waals surface area contributed by atoms with Crippen LogP contribution in [0.5, 0.6) is 5.75 Å². The van der Waals surface area contributed by atoms with E-state index in [2.05, 4.69) is 26.0 Å². The van der Waals surface area contributed by atoms with Gasteiger partial charge in [-0.1, -0.05) is 15.9 Å². The molecule has 112 valence electrons. The van der Waals surface area contributed by atoms with Gasteiger partial charge in [-0.3, -0.25) is 0 Å². The Hall–Kier alpha value is -1.76. The van der Waals surface area contributed by atoms with E-state index in [4.69, 9.17) is 0 Å². The third kappa shape index (κ3) is 4.93. The molecule has 0 aromatic heterocycles. The van der Waals surface area contributed by atoms with Crippen LogP contribution < -0.4 is 10.1 Å². The van der Waals surface area contributed by atoms with Gasteiger partial charge >= 0.3 is 6.36 Å². The second-order valence-electron chi connectivity index (χ2n) is 4.16. The van der Waals surface area contributed by atoms with Gasteiger partial charge in [-0.25, -0.2) is 4.39 Å². The normalized spacial score (nSPS) is 11.3. The molecular formula is C14H10BrF4NO. The van der Waals surface area contributed by atoms with Crippen molar-refractivity contribution in [2.75, 3.05) is 5.32 Å². The van der Waals surface area contributed by atoms with Crippen molar-refractivity contribution in [1.82, 2.24) is 0 Å². The molecule has 2 nitrogen and oxygen atoms in total. The minimum atomic E-state index is -4.71. The Morgan fingerprint density at radius 3 is 2.33 bits per heavy atom. The number of rotatable bonds is 4. The van der Waals surface area contributed by atoms with Gasteiger partial charge in [-0.15, -0.1) is 13.2 Å². The molecule has 0 radical (unpaired) electrons. The van der Waals surface area contributed by atoms with Crippen LogP contribution in [0, 0.1) is 5.82 Å². The molecule has 0 aliphatic heterocycles. The highest BCUT2D eigenvalue weighted by Crippen LogP contribution is 2.24. The zero-order valence-electron chi connectivity index (χ0n) is 10.5. The van der Waals surface area contributed by atoms with Crippen LogP contribution in [0.4, 0.5) is 23.2 Å². The predicted octanol–water partition coefficient (Wildman–Crippen LogP) is 5.10. The lowest BCUT2D eigenvalue weighted by Gasteiger charge is -2.11. The van der Waals surface area contributed by atoms with Crippen LogP contribution in [0.25, 0.3) is 0 Å². The summed E-state index contributed by atoms with van der Waals surface area (Å²) in [5.41, 5.74) is 1.30. The molecule has 0 atom stereocenters. The second kappa shape index (κ2) is 6.34. The Morgan fingerprint density at radius 1 is 1.05 bits per heavy atom. The summed E-state index contributed by atoms with van der Waals surface area (Å²) in [6.45, 7) is 0.331.